The predicted molar refractivity (Wildman–Crippen MR) is 58.2 cm³/mol. The van der Waals surface area contributed by atoms with Gasteiger partial charge in [-0.3, -0.25) is 4.79 Å². The maximum Gasteiger partial charge on any atom is 0.306 e. The van der Waals surface area contributed by atoms with E-state index in [4.69, 9.17) is 0 Å². The number of benzene rings is 1. The van der Waals surface area contributed by atoms with Crippen LogP contribution in [0.1, 0.15) is 6.42 Å². The van der Waals surface area contributed by atoms with Gasteiger partial charge in [-0.15, -0.1) is 0 Å². The van der Waals surface area contributed by atoms with Gasteiger partial charge in [0.25, 0.3) is 0 Å². The second-order valence-electron chi connectivity index (χ2n) is 3.30. The summed E-state index contributed by atoms with van der Waals surface area (Å²) in [5, 5.41) is 0. The van der Waals surface area contributed by atoms with Gasteiger partial charge in [-0.1, -0.05) is 0 Å². The molecule has 5 nitrogen and oxygen atoms in total. The average Bonchev–Trinajstić information content (AvgIpc) is 2.27. The Kier molecular flexibility index (Phi) is 4.74. The molecule has 0 aliphatic carbocycles. The molecule has 0 amide bonds. The third kappa shape index (κ3) is 3.74. The summed E-state index contributed by atoms with van der Waals surface area (Å²) in [6, 6.07) is 2.11. The van der Waals surface area contributed by atoms with Crippen LogP contribution in [0.15, 0.2) is 23.1 Å². The van der Waals surface area contributed by atoms with Crippen molar-refractivity contribution in [3.63, 3.8) is 0 Å². The van der Waals surface area contributed by atoms with Crippen LogP contribution in [0, 0.1) is 11.6 Å². The second kappa shape index (κ2) is 5.87. The molecule has 1 aromatic carbocycles. The van der Waals surface area contributed by atoms with Crippen molar-refractivity contribution in [2.45, 2.75) is 11.3 Å². The Labute approximate surface area is 103 Å². The Morgan fingerprint density at radius 3 is 2.61 bits per heavy atom. The lowest BCUT2D eigenvalue weighted by Gasteiger charge is -2.07. The molecule has 100 valence electrons. The Morgan fingerprint density at radius 1 is 1.39 bits per heavy atom. The number of methoxy groups -OCH3 is 1. The van der Waals surface area contributed by atoms with Gasteiger partial charge in [0, 0.05) is 12.6 Å². The maximum atomic E-state index is 13.2. The van der Waals surface area contributed by atoms with Gasteiger partial charge in [0.2, 0.25) is 10.0 Å². The van der Waals surface area contributed by atoms with Crippen LogP contribution in [0.4, 0.5) is 8.78 Å². The van der Waals surface area contributed by atoms with Gasteiger partial charge in [0.1, 0.15) is 16.5 Å². The summed E-state index contributed by atoms with van der Waals surface area (Å²) in [6.07, 6.45) is -0.182. The largest absolute Gasteiger partial charge is 0.469 e. The molecule has 0 radical (unpaired) electrons. The molecule has 1 aromatic rings. The number of sulfonamides is 1. The number of nitrogens with one attached hydrogen (secondary N) is 1. The molecule has 0 heterocycles. The molecule has 0 saturated carbocycles. The summed E-state index contributed by atoms with van der Waals surface area (Å²) in [5.74, 6) is -2.67. The third-order valence-corrected chi connectivity index (χ3v) is 3.53. The third-order valence-electron chi connectivity index (χ3n) is 2.03. The van der Waals surface area contributed by atoms with Gasteiger partial charge in [0.05, 0.1) is 13.5 Å². The van der Waals surface area contributed by atoms with Crippen molar-refractivity contribution in [1.82, 2.24) is 4.72 Å². The standard InChI is InChI=1S/C10H11F2NO4S/c1-17-10(14)4-5-13-18(15,16)9-3-2-7(11)6-8(9)12/h2-3,6,13H,4-5H2,1H3. The summed E-state index contributed by atoms with van der Waals surface area (Å²) in [5.41, 5.74) is 0. The van der Waals surface area contributed by atoms with E-state index in [0.717, 1.165) is 19.2 Å². The van der Waals surface area contributed by atoms with E-state index in [0.29, 0.717) is 6.07 Å². The fourth-order valence-electron chi connectivity index (χ4n) is 1.16. The summed E-state index contributed by atoms with van der Waals surface area (Å²) >= 11 is 0. The Bertz CT molecular complexity index is 545. The number of hydrogen-bond donors (Lipinski definition) is 1. The first-order valence-corrected chi connectivity index (χ1v) is 6.36. The van der Waals surface area contributed by atoms with Crippen LogP contribution in [0.3, 0.4) is 0 Å². The lowest BCUT2D eigenvalue weighted by molar-refractivity contribution is -0.140. The Morgan fingerprint density at radius 2 is 2.06 bits per heavy atom. The fourth-order valence-corrected chi connectivity index (χ4v) is 2.25. The van der Waals surface area contributed by atoms with Gasteiger partial charge in [-0.25, -0.2) is 21.9 Å². The van der Waals surface area contributed by atoms with E-state index in [1.165, 1.54) is 0 Å². The van der Waals surface area contributed by atoms with Crippen LogP contribution in [0.2, 0.25) is 0 Å². The molecule has 0 spiro atoms. The van der Waals surface area contributed by atoms with Crippen molar-refractivity contribution in [3.8, 4) is 0 Å². The molecular weight excluding hydrogens is 268 g/mol. The van der Waals surface area contributed by atoms with Gasteiger partial charge < -0.3 is 4.74 Å². The van der Waals surface area contributed by atoms with Crippen LogP contribution >= 0.6 is 0 Å². The number of ether oxygens (including phenoxy) is 1. The van der Waals surface area contributed by atoms with E-state index in [1.807, 2.05) is 4.72 Å². The number of rotatable bonds is 5. The normalized spacial score (nSPS) is 11.3. The van der Waals surface area contributed by atoms with Crippen LogP contribution in [-0.2, 0) is 19.6 Å². The van der Waals surface area contributed by atoms with Gasteiger partial charge in [-0.2, -0.15) is 0 Å². The summed E-state index contributed by atoms with van der Waals surface area (Å²) in [4.78, 5) is 10.1. The van der Waals surface area contributed by atoms with E-state index in [9.17, 15) is 22.0 Å². The molecule has 18 heavy (non-hydrogen) atoms. The topological polar surface area (TPSA) is 72.5 Å². The summed E-state index contributed by atoms with van der Waals surface area (Å²) in [6.45, 7) is -0.230. The van der Waals surface area contributed by atoms with Gasteiger partial charge in [0.15, 0.2) is 0 Å². The molecule has 8 heteroatoms. The second-order valence-corrected chi connectivity index (χ2v) is 5.03. The minimum Gasteiger partial charge on any atom is -0.469 e. The molecule has 1 N–H and O–H groups in total. The van der Waals surface area contributed by atoms with E-state index < -0.39 is 32.5 Å². The van der Waals surface area contributed by atoms with Crippen molar-refractivity contribution >= 4 is 16.0 Å². The number of carbonyl (C=O) groups is 1. The maximum absolute atomic E-state index is 13.2. The van der Waals surface area contributed by atoms with Gasteiger partial charge >= 0.3 is 5.97 Å². The van der Waals surface area contributed by atoms with Crippen molar-refractivity contribution in [1.29, 1.82) is 0 Å². The van der Waals surface area contributed by atoms with Crippen molar-refractivity contribution in [3.05, 3.63) is 29.8 Å². The molecule has 1 rings (SSSR count). The molecule has 0 aliphatic heterocycles. The predicted octanol–water partition coefficient (Wildman–Crippen LogP) is 0.806. The molecule has 0 bridgehead atoms. The SMILES string of the molecule is COC(=O)CCNS(=O)(=O)c1ccc(F)cc1F. The molecule has 0 fully saturated rings. The fraction of sp³-hybridized carbons (Fsp3) is 0.300. The number of halogens is 2. The first-order chi connectivity index (χ1) is 8.36. The molecule has 0 aromatic heterocycles. The summed E-state index contributed by atoms with van der Waals surface area (Å²) in [7, 11) is -2.95. The average molecular weight is 279 g/mol. The van der Waals surface area contributed by atoms with Crippen LogP contribution < -0.4 is 4.72 Å². The van der Waals surface area contributed by atoms with Gasteiger partial charge in [-0.05, 0) is 12.1 Å². The number of carbonyl (C=O) groups excluding carboxylic acids is 1. The van der Waals surface area contributed by atoms with E-state index >= 15 is 0 Å². The zero-order valence-electron chi connectivity index (χ0n) is 9.44. The highest BCUT2D eigenvalue weighted by molar-refractivity contribution is 7.89. The first kappa shape index (κ1) is 14.5. The smallest absolute Gasteiger partial charge is 0.306 e. The van der Waals surface area contributed by atoms with Crippen molar-refractivity contribution in [2.75, 3.05) is 13.7 Å². The Balaban J connectivity index is 2.77. The monoisotopic (exact) mass is 279 g/mol. The highest BCUT2D eigenvalue weighted by Crippen LogP contribution is 2.15. The summed E-state index contributed by atoms with van der Waals surface area (Å²) < 4.78 is 55.4. The number of hydrogen-bond acceptors (Lipinski definition) is 4. The molecular formula is C10H11F2NO4S. The quantitative estimate of drug-likeness (QED) is 0.809. The minimum atomic E-state index is -4.11. The van der Waals surface area contributed by atoms with E-state index in [2.05, 4.69) is 4.74 Å². The van der Waals surface area contributed by atoms with Crippen LogP contribution in [0.25, 0.3) is 0 Å². The first-order valence-electron chi connectivity index (χ1n) is 4.88. The molecule has 0 atom stereocenters. The van der Waals surface area contributed by atoms with Crippen molar-refractivity contribution in [2.24, 2.45) is 0 Å². The van der Waals surface area contributed by atoms with Crippen LogP contribution in [0.5, 0.6) is 0 Å². The lowest BCUT2D eigenvalue weighted by atomic mass is 10.3. The molecule has 0 aliphatic rings. The van der Waals surface area contributed by atoms with Crippen molar-refractivity contribution < 1.29 is 26.7 Å². The molecule has 0 saturated heterocycles. The number of esters is 1. The van der Waals surface area contributed by atoms with E-state index in [-0.39, 0.29) is 13.0 Å². The minimum absolute atomic E-state index is 0.182. The highest BCUT2D eigenvalue weighted by atomic mass is 32.2. The van der Waals surface area contributed by atoms with Crippen LogP contribution in [-0.4, -0.2) is 28.0 Å². The highest BCUT2D eigenvalue weighted by Gasteiger charge is 2.19. The zero-order valence-corrected chi connectivity index (χ0v) is 10.3. The Hall–Kier alpha value is -1.54. The molecule has 0 unspecified atom stereocenters. The van der Waals surface area contributed by atoms with E-state index in [1.54, 1.807) is 0 Å². The lowest BCUT2D eigenvalue weighted by Crippen LogP contribution is -2.27. The zero-order chi connectivity index (χ0) is 13.8.